The van der Waals surface area contributed by atoms with Gasteiger partial charge >= 0.3 is 0 Å². The fraction of sp³-hybridized carbons (Fsp3) is 0. The van der Waals surface area contributed by atoms with Crippen LogP contribution in [-0.4, -0.2) is 13.7 Å². The molecule has 11 nitrogen and oxygen atoms in total. The molecule has 0 saturated carbocycles. The van der Waals surface area contributed by atoms with Crippen LogP contribution < -0.4 is 30.0 Å². The van der Waals surface area contributed by atoms with Crippen molar-refractivity contribution in [3.8, 4) is 41.3 Å². The highest BCUT2D eigenvalue weighted by atomic mass is 19.2. The molecule has 0 bridgehead atoms. The third kappa shape index (κ3) is 15.4. The number of benzene rings is 20. The highest BCUT2D eigenvalue weighted by molar-refractivity contribution is 6.14. The van der Waals surface area contributed by atoms with E-state index >= 15 is 0 Å². The maximum atomic E-state index is 13.6. The minimum absolute atomic E-state index is 1.04. The highest BCUT2D eigenvalue weighted by Gasteiger charge is 2.26. The Morgan fingerprint density at radius 3 is 0.659 bits per heavy atom. The first-order valence-electron chi connectivity index (χ1n) is 43.9. The second kappa shape index (κ2) is 36.0. The van der Waals surface area contributed by atoms with Gasteiger partial charge in [-0.3, -0.25) is 0 Å². The van der Waals surface area contributed by atoms with Gasteiger partial charge in [0.15, 0.2) is 23.3 Å². The van der Waals surface area contributed by atoms with Crippen LogP contribution in [0, 0.1) is 68.6 Å². The summed E-state index contributed by atoms with van der Waals surface area (Å²) in [4.78, 5) is 9.35. The van der Waals surface area contributed by atoms with Gasteiger partial charge in [-0.25, -0.2) is 17.6 Å². The monoisotopic (exact) mass is 1750 g/mol. The number of fused-ring (bicyclic) bond motifs is 12. The Morgan fingerprint density at radius 1 is 0.178 bits per heavy atom. The van der Waals surface area contributed by atoms with Crippen molar-refractivity contribution in [2.75, 3.05) is 19.6 Å². The normalized spacial score (nSPS) is 11.1. The Balaban J connectivity index is 0.000000142. The van der Waals surface area contributed by atoms with Gasteiger partial charge in [-0.15, -0.1) is 0 Å². The average Bonchev–Trinajstić information content (AvgIpc) is 1.57. The van der Waals surface area contributed by atoms with E-state index in [1.54, 1.807) is 0 Å². The lowest BCUT2D eigenvalue weighted by Crippen LogP contribution is -2.31. The van der Waals surface area contributed by atoms with Gasteiger partial charge < -0.3 is 33.3 Å². The SMILES string of the molecule is N#CC(C#N)=c1c(F)c(F)c(=C(C#N)C#N)c(F)c1F.c1ccc(-n2c3ccc(-n4c5ccccc5c5ccccc54)cc3c3cc(-n4c5ccccc5c5ccccc54)ccc32)cc1.c1ccc(N(c2ccc(N(c3ccc(N(c4ccccc4)c4ccc5ccccc5c4)cc3)c3ccc(N(c4ccccc4)c4ccc5ccccc5c4)cc3)cc2)c2ccc3ccccc3c2)cc1. The summed E-state index contributed by atoms with van der Waals surface area (Å²) >= 11 is 0. The molecule has 0 atom stereocenters. The lowest BCUT2D eigenvalue weighted by Gasteiger charge is -2.30. The summed E-state index contributed by atoms with van der Waals surface area (Å²) in [5, 5.41) is 45.8. The van der Waals surface area contributed by atoms with Crippen molar-refractivity contribution in [2.45, 2.75) is 0 Å². The second-order valence-electron chi connectivity index (χ2n) is 32.5. The maximum Gasteiger partial charge on any atom is 0.171 e. The van der Waals surface area contributed by atoms with E-state index in [9.17, 15) is 17.6 Å². The number of rotatable bonds is 15. The number of halogens is 4. The minimum Gasteiger partial charge on any atom is -0.310 e. The smallest absolute Gasteiger partial charge is 0.171 e. The molecule has 0 N–H and O–H groups in total. The number of hydrogen-bond donors (Lipinski definition) is 0. The van der Waals surface area contributed by atoms with Gasteiger partial charge in [0.1, 0.15) is 35.4 Å². The molecule has 23 rings (SSSR count). The molecule has 0 aliphatic heterocycles. The first-order valence-corrected chi connectivity index (χ1v) is 43.9. The number of nitriles is 4. The van der Waals surface area contributed by atoms with Gasteiger partial charge in [-0.2, -0.15) is 21.0 Å². The number of hydrogen-bond acceptors (Lipinski definition) is 8. The van der Waals surface area contributed by atoms with Crippen LogP contribution in [0.15, 0.2) is 455 Å². The van der Waals surface area contributed by atoms with Crippen LogP contribution in [0.3, 0.4) is 0 Å². The molecule has 638 valence electrons. The fourth-order valence-electron chi connectivity index (χ4n) is 18.6. The molecule has 3 heterocycles. The zero-order valence-corrected chi connectivity index (χ0v) is 72.2. The fourth-order valence-corrected chi connectivity index (χ4v) is 18.6. The van der Waals surface area contributed by atoms with E-state index in [0.717, 1.165) is 110 Å². The average molecular weight is 1750 g/mol. The topological polar surface area (TPSA) is 123 Å². The van der Waals surface area contributed by atoms with Crippen molar-refractivity contribution in [1.29, 1.82) is 21.0 Å². The molecule has 15 heteroatoms. The lowest BCUT2D eigenvalue weighted by molar-refractivity contribution is 0.434. The summed E-state index contributed by atoms with van der Waals surface area (Å²) in [6, 6.07) is 168. The van der Waals surface area contributed by atoms with Crippen LogP contribution in [0.1, 0.15) is 0 Å². The Kier molecular flexibility index (Phi) is 22.2. The van der Waals surface area contributed by atoms with E-state index in [1.165, 1.54) is 97.7 Å². The molecule has 3 aromatic heterocycles. The molecule has 135 heavy (non-hydrogen) atoms. The third-order valence-corrected chi connectivity index (χ3v) is 24.7. The van der Waals surface area contributed by atoms with Crippen molar-refractivity contribution >= 4 is 177 Å². The summed E-state index contributed by atoms with van der Waals surface area (Å²) < 4.78 is 61.7. The Hall–Kier alpha value is -18.8. The zero-order valence-electron chi connectivity index (χ0n) is 72.2. The molecule has 0 unspecified atom stereocenters. The zero-order chi connectivity index (χ0) is 91.6. The van der Waals surface area contributed by atoms with E-state index in [-0.39, 0.29) is 0 Å². The Morgan fingerprint density at radius 2 is 0.385 bits per heavy atom. The van der Waals surface area contributed by atoms with Crippen LogP contribution >= 0.6 is 0 Å². The maximum absolute atomic E-state index is 13.6. The summed E-state index contributed by atoms with van der Waals surface area (Å²) in [6.45, 7) is 0. The molecular formula is C120H75F4N11. The van der Waals surface area contributed by atoms with Crippen LogP contribution in [0.25, 0.3) is 126 Å². The number of nitrogens with zero attached hydrogens (tertiary/aromatic N) is 11. The first-order chi connectivity index (χ1) is 66.5. The summed E-state index contributed by atoms with van der Waals surface area (Å²) in [5.74, 6) is -8.11. The van der Waals surface area contributed by atoms with Gasteiger partial charge in [0.05, 0.1) is 43.5 Å². The van der Waals surface area contributed by atoms with Gasteiger partial charge in [-0.1, -0.05) is 237 Å². The van der Waals surface area contributed by atoms with Gasteiger partial charge in [0.25, 0.3) is 0 Å². The lowest BCUT2D eigenvalue weighted by atomic mass is 10.1. The largest absolute Gasteiger partial charge is 0.310 e. The summed E-state index contributed by atoms with van der Waals surface area (Å²) in [7, 11) is 0. The molecule has 0 fully saturated rings. The minimum atomic E-state index is -2.03. The predicted molar refractivity (Wildman–Crippen MR) is 542 cm³/mol. The Bertz CT molecular complexity index is 8050. The van der Waals surface area contributed by atoms with Crippen LogP contribution in [0.5, 0.6) is 0 Å². The third-order valence-electron chi connectivity index (χ3n) is 24.7. The second-order valence-corrected chi connectivity index (χ2v) is 32.5. The standard InChI is InChI=1S/C66H48N4.C42H27N3.C12F4N4/c1-4-22-55(23-5-1)68(64-31-28-49-16-10-13-19-52(49)46-64)61-40-34-58(35-41-61)67(59-36-42-62(43-37-59)69(56-24-6-2-7-25-56)65-32-29-50-17-11-14-20-53(50)47-65)60-38-44-63(45-39-60)70(57-26-8-3-9-27-57)66-33-30-51-18-12-15-21-54(51)48-66;1-2-12-28(13-3-1)43-41-24-22-29(44-37-18-8-4-14-31(37)32-15-5-9-19-38(32)44)26-35(41)36-27-30(23-25-42(36)43)45-39-20-10-6-16-33(39)34-17-7-11-21-40(34)45;13-9-7(5(1-17)2-18)10(14)12(16)8(11(9)15)6(3-19)4-20/h1-48H;1-27H;. The molecule has 0 aliphatic rings. The van der Waals surface area contributed by atoms with Gasteiger partial charge in [0, 0.05) is 118 Å². The van der Waals surface area contributed by atoms with Gasteiger partial charge in [-0.05, 0) is 251 Å². The van der Waals surface area contributed by atoms with Gasteiger partial charge in [0.2, 0.25) is 0 Å². The molecule has 23 aromatic rings. The van der Waals surface area contributed by atoms with Crippen molar-refractivity contribution in [3.05, 3.63) is 489 Å². The van der Waals surface area contributed by atoms with E-state index < -0.39 is 44.9 Å². The van der Waals surface area contributed by atoms with Crippen molar-refractivity contribution in [3.63, 3.8) is 0 Å². The molecular weight excluding hydrogens is 1670 g/mol. The van der Waals surface area contributed by atoms with E-state index in [4.69, 9.17) is 21.0 Å². The molecule has 0 aliphatic carbocycles. The number of para-hydroxylation sites is 8. The molecule has 0 spiro atoms. The van der Waals surface area contributed by atoms with E-state index in [1.807, 2.05) is 0 Å². The Labute approximate surface area is 774 Å². The quantitative estimate of drug-likeness (QED) is 0.0734. The predicted octanol–water partition coefficient (Wildman–Crippen LogP) is 30.6. The van der Waals surface area contributed by atoms with E-state index in [2.05, 4.69) is 488 Å². The van der Waals surface area contributed by atoms with E-state index in [0.29, 0.717) is 0 Å². The van der Waals surface area contributed by atoms with Crippen molar-refractivity contribution in [1.82, 2.24) is 13.7 Å². The van der Waals surface area contributed by atoms with Crippen LogP contribution in [0.2, 0.25) is 0 Å². The number of anilines is 12. The first kappa shape index (κ1) is 83.1. The molecule has 0 saturated heterocycles. The van der Waals surface area contributed by atoms with Crippen LogP contribution in [0.4, 0.5) is 85.8 Å². The van der Waals surface area contributed by atoms with Crippen molar-refractivity contribution in [2.24, 2.45) is 0 Å². The highest BCUT2D eigenvalue weighted by Crippen LogP contribution is 2.47. The van der Waals surface area contributed by atoms with Crippen LogP contribution in [-0.2, 0) is 0 Å². The summed E-state index contributed by atoms with van der Waals surface area (Å²) in [5.41, 5.74) is 21.3. The summed E-state index contributed by atoms with van der Waals surface area (Å²) in [6.07, 6.45) is 0. The molecule has 20 aromatic carbocycles. The molecule has 0 radical (unpaired) electrons. The molecule has 0 amide bonds. The van der Waals surface area contributed by atoms with Crippen molar-refractivity contribution < 1.29 is 17.6 Å². The number of aromatic nitrogens is 3.